The molecule has 0 saturated heterocycles. The van der Waals surface area contributed by atoms with Gasteiger partial charge in [0, 0.05) is 16.1 Å². The van der Waals surface area contributed by atoms with Crippen molar-refractivity contribution in [1.82, 2.24) is 4.98 Å². The monoisotopic (exact) mass is 374 g/mol. The minimum absolute atomic E-state index is 0.0621. The lowest BCUT2D eigenvalue weighted by Gasteiger charge is -2.06. The summed E-state index contributed by atoms with van der Waals surface area (Å²) in [7, 11) is 1.62. The predicted molar refractivity (Wildman–Crippen MR) is 99.1 cm³/mol. The second kappa shape index (κ2) is 7.55. The molecular formula is C18H15ClN2O3S. The van der Waals surface area contributed by atoms with Crippen LogP contribution in [-0.4, -0.2) is 18.1 Å². The number of carbonyl (C=O) groups is 1. The van der Waals surface area contributed by atoms with Crippen molar-refractivity contribution < 1.29 is 14.3 Å². The minimum atomic E-state index is -0.513. The van der Waals surface area contributed by atoms with E-state index in [4.69, 9.17) is 26.8 Å². The van der Waals surface area contributed by atoms with Gasteiger partial charge >= 0.3 is 5.97 Å². The molecule has 0 unspecified atom stereocenters. The second-order valence-corrected chi connectivity index (χ2v) is 6.45. The van der Waals surface area contributed by atoms with Crippen molar-refractivity contribution in [1.29, 1.82) is 0 Å². The van der Waals surface area contributed by atoms with Crippen LogP contribution in [0.25, 0.3) is 10.6 Å². The molecule has 1 heterocycles. The van der Waals surface area contributed by atoms with E-state index in [9.17, 15) is 4.79 Å². The Morgan fingerprint density at radius 3 is 2.84 bits per heavy atom. The van der Waals surface area contributed by atoms with E-state index in [2.05, 4.69) is 4.98 Å². The molecule has 0 aliphatic heterocycles. The van der Waals surface area contributed by atoms with Gasteiger partial charge in [-0.05, 0) is 30.3 Å². The first kappa shape index (κ1) is 17.3. The predicted octanol–water partition coefficient (Wildman–Crippen LogP) is 4.41. The van der Waals surface area contributed by atoms with Gasteiger partial charge in [-0.15, -0.1) is 11.3 Å². The Kier molecular flexibility index (Phi) is 5.21. The fraction of sp³-hybridized carbons (Fsp3) is 0.111. The number of para-hydroxylation sites is 1. The molecule has 5 nitrogen and oxygen atoms in total. The average Bonchev–Trinajstić information content (AvgIpc) is 3.08. The zero-order valence-corrected chi connectivity index (χ0v) is 14.9. The van der Waals surface area contributed by atoms with Crippen LogP contribution < -0.4 is 10.5 Å². The van der Waals surface area contributed by atoms with E-state index < -0.39 is 5.97 Å². The Morgan fingerprint density at radius 1 is 1.28 bits per heavy atom. The van der Waals surface area contributed by atoms with Crippen LogP contribution in [-0.2, 0) is 11.3 Å². The number of methoxy groups -OCH3 is 1. The van der Waals surface area contributed by atoms with Crippen LogP contribution in [0.15, 0.2) is 47.8 Å². The van der Waals surface area contributed by atoms with Gasteiger partial charge in [-0.1, -0.05) is 23.7 Å². The molecule has 3 rings (SSSR count). The Hall–Kier alpha value is -2.57. The quantitative estimate of drug-likeness (QED) is 0.528. The van der Waals surface area contributed by atoms with Crippen LogP contribution in [0, 0.1) is 0 Å². The number of nitrogens with two attached hydrogens (primary N) is 1. The number of nitrogen functional groups attached to an aromatic ring is 1. The fourth-order valence-electron chi connectivity index (χ4n) is 2.26. The molecule has 25 heavy (non-hydrogen) atoms. The second-order valence-electron chi connectivity index (χ2n) is 5.15. The number of anilines is 1. The smallest absolute Gasteiger partial charge is 0.340 e. The molecule has 0 atom stereocenters. The summed E-state index contributed by atoms with van der Waals surface area (Å²) in [5, 5.41) is 3.12. The first-order chi connectivity index (χ1) is 12.1. The van der Waals surface area contributed by atoms with Gasteiger partial charge in [0.1, 0.15) is 17.4 Å². The molecule has 2 N–H and O–H groups in total. The number of hydrogen-bond donors (Lipinski definition) is 1. The molecule has 0 radical (unpaired) electrons. The van der Waals surface area contributed by atoms with Crippen molar-refractivity contribution in [2.24, 2.45) is 0 Å². The number of rotatable bonds is 5. The zero-order valence-electron chi connectivity index (χ0n) is 13.4. The van der Waals surface area contributed by atoms with E-state index in [0.717, 1.165) is 16.3 Å². The maximum atomic E-state index is 12.1. The van der Waals surface area contributed by atoms with Crippen molar-refractivity contribution in [3.8, 4) is 16.3 Å². The molecule has 2 aromatic carbocycles. The molecule has 0 bridgehead atoms. The topological polar surface area (TPSA) is 74.4 Å². The van der Waals surface area contributed by atoms with E-state index in [1.54, 1.807) is 19.2 Å². The van der Waals surface area contributed by atoms with Gasteiger partial charge in [0.05, 0.1) is 23.9 Å². The average molecular weight is 375 g/mol. The summed E-state index contributed by atoms with van der Waals surface area (Å²) in [4.78, 5) is 16.6. The lowest BCUT2D eigenvalue weighted by atomic mass is 10.2. The van der Waals surface area contributed by atoms with Gasteiger partial charge < -0.3 is 15.2 Å². The number of thiazole rings is 1. The number of esters is 1. The van der Waals surface area contributed by atoms with Gasteiger partial charge in [-0.25, -0.2) is 9.78 Å². The summed E-state index contributed by atoms with van der Waals surface area (Å²) in [5.41, 5.74) is 7.91. The summed E-state index contributed by atoms with van der Waals surface area (Å²) in [6, 6.07) is 12.3. The van der Waals surface area contributed by atoms with Crippen LogP contribution in [0.3, 0.4) is 0 Å². The lowest BCUT2D eigenvalue weighted by Crippen LogP contribution is -2.08. The molecule has 7 heteroatoms. The zero-order chi connectivity index (χ0) is 17.8. The Bertz CT molecular complexity index is 911. The van der Waals surface area contributed by atoms with Crippen LogP contribution >= 0.6 is 22.9 Å². The molecular weight excluding hydrogens is 360 g/mol. The van der Waals surface area contributed by atoms with Crippen molar-refractivity contribution in [3.05, 3.63) is 64.1 Å². The van der Waals surface area contributed by atoms with Gasteiger partial charge in [0.2, 0.25) is 0 Å². The number of halogens is 1. The maximum Gasteiger partial charge on any atom is 0.340 e. The molecule has 0 aliphatic rings. The Balaban J connectivity index is 1.70. The van der Waals surface area contributed by atoms with Crippen molar-refractivity contribution >= 4 is 34.6 Å². The summed E-state index contributed by atoms with van der Waals surface area (Å²) in [5.74, 6) is 0.232. The number of hydrogen-bond acceptors (Lipinski definition) is 6. The van der Waals surface area contributed by atoms with Crippen LogP contribution in [0.2, 0.25) is 5.02 Å². The highest BCUT2D eigenvalue weighted by Gasteiger charge is 2.14. The third-order valence-corrected chi connectivity index (χ3v) is 4.63. The third kappa shape index (κ3) is 3.92. The summed E-state index contributed by atoms with van der Waals surface area (Å²) in [6.45, 7) is 0.0621. The number of benzene rings is 2. The molecule has 0 fully saturated rings. The van der Waals surface area contributed by atoms with Gasteiger partial charge in [-0.2, -0.15) is 0 Å². The van der Waals surface area contributed by atoms with Crippen LogP contribution in [0.1, 0.15) is 16.1 Å². The number of aromatic nitrogens is 1. The first-order valence-electron chi connectivity index (χ1n) is 7.38. The molecule has 0 aliphatic carbocycles. The summed E-state index contributed by atoms with van der Waals surface area (Å²) < 4.78 is 10.6. The largest absolute Gasteiger partial charge is 0.496 e. The minimum Gasteiger partial charge on any atom is -0.496 e. The van der Waals surface area contributed by atoms with Gasteiger partial charge in [-0.3, -0.25) is 0 Å². The number of ether oxygens (including phenoxy) is 2. The number of nitrogens with zero attached hydrogens (tertiary/aromatic N) is 1. The summed E-state index contributed by atoms with van der Waals surface area (Å²) >= 11 is 7.29. The molecule has 0 amide bonds. The maximum absolute atomic E-state index is 12.1. The van der Waals surface area contributed by atoms with E-state index >= 15 is 0 Å². The van der Waals surface area contributed by atoms with E-state index in [1.165, 1.54) is 17.4 Å². The third-order valence-electron chi connectivity index (χ3n) is 3.47. The highest BCUT2D eigenvalue weighted by atomic mass is 35.5. The SMILES string of the molecule is COc1ccccc1-c1nc(COC(=O)c2ccc(Cl)cc2N)cs1. The van der Waals surface area contributed by atoms with Gasteiger partial charge in [0.25, 0.3) is 0 Å². The normalized spacial score (nSPS) is 10.5. The first-order valence-corrected chi connectivity index (χ1v) is 8.64. The highest BCUT2D eigenvalue weighted by Crippen LogP contribution is 2.32. The standard InChI is InChI=1S/C18H15ClN2O3S/c1-23-16-5-3-2-4-14(16)17-21-12(10-25-17)9-24-18(22)13-7-6-11(19)8-15(13)20/h2-8,10H,9,20H2,1H3. The van der Waals surface area contributed by atoms with Crippen LogP contribution in [0.4, 0.5) is 5.69 Å². The molecule has 3 aromatic rings. The van der Waals surface area contributed by atoms with E-state index in [-0.39, 0.29) is 17.9 Å². The fourth-order valence-corrected chi connectivity index (χ4v) is 3.27. The summed E-state index contributed by atoms with van der Waals surface area (Å²) in [6.07, 6.45) is 0. The molecule has 1 aromatic heterocycles. The molecule has 128 valence electrons. The Morgan fingerprint density at radius 2 is 2.08 bits per heavy atom. The molecule has 0 spiro atoms. The van der Waals surface area contributed by atoms with Gasteiger partial charge in [0.15, 0.2) is 0 Å². The molecule has 0 saturated carbocycles. The van der Waals surface area contributed by atoms with Crippen molar-refractivity contribution in [2.75, 3.05) is 12.8 Å². The highest BCUT2D eigenvalue weighted by molar-refractivity contribution is 7.13. The van der Waals surface area contributed by atoms with E-state index in [1.807, 2.05) is 29.6 Å². The van der Waals surface area contributed by atoms with Crippen molar-refractivity contribution in [3.63, 3.8) is 0 Å². The lowest BCUT2D eigenvalue weighted by molar-refractivity contribution is 0.0470. The Labute approximate surface area is 154 Å². The van der Waals surface area contributed by atoms with Crippen LogP contribution in [0.5, 0.6) is 5.75 Å². The van der Waals surface area contributed by atoms with E-state index in [0.29, 0.717) is 10.7 Å². The van der Waals surface area contributed by atoms with Crippen molar-refractivity contribution in [2.45, 2.75) is 6.61 Å². The number of carbonyl (C=O) groups excluding carboxylic acids is 1.